The molecule has 1 aliphatic heterocycles. The van der Waals surface area contributed by atoms with Gasteiger partial charge in [-0.05, 0) is 43.0 Å². The van der Waals surface area contributed by atoms with Crippen molar-refractivity contribution >= 4 is 0 Å². The zero-order valence-corrected chi connectivity index (χ0v) is 11.7. The summed E-state index contributed by atoms with van der Waals surface area (Å²) in [5.74, 6) is 0.692. The first-order valence-corrected chi connectivity index (χ1v) is 7.62. The van der Waals surface area contributed by atoms with Gasteiger partial charge in [0.25, 0.3) is 0 Å². The van der Waals surface area contributed by atoms with Gasteiger partial charge < -0.3 is 0 Å². The minimum Gasteiger partial charge on any atom is -0.296 e. The van der Waals surface area contributed by atoms with Crippen LogP contribution in [0.3, 0.4) is 0 Å². The van der Waals surface area contributed by atoms with Gasteiger partial charge in [0.05, 0.1) is 0 Å². The lowest BCUT2D eigenvalue weighted by molar-refractivity contribution is 0.115. The Balaban J connectivity index is 1.56. The maximum atomic E-state index is 4.63. The average molecular weight is 264 g/mol. The topological polar surface area (TPSA) is 16.1 Å². The summed E-state index contributed by atoms with van der Waals surface area (Å²) in [7, 11) is 0. The molecule has 0 unspecified atom stereocenters. The molecule has 0 radical (unpaired) electrons. The van der Waals surface area contributed by atoms with Crippen molar-refractivity contribution in [3.05, 3.63) is 65.5 Å². The van der Waals surface area contributed by atoms with E-state index in [4.69, 9.17) is 0 Å². The lowest BCUT2D eigenvalue weighted by Crippen LogP contribution is -2.45. The smallest absolute Gasteiger partial charge is 0.0468 e. The summed E-state index contributed by atoms with van der Waals surface area (Å²) in [6.45, 7) is 2.30. The third-order valence-corrected chi connectivity index (χ3v) is 4.83. The second-order valence-corrected chi connectivity index (χ2v) is 6.08. The summed E-state index contributed by atoms with van der Waals surface area (Å²) in [6, 6.07) is 15.9. The molecule has 102 valence electrons. The largest absolute Gasteiger partial charge is 0.296 e. The van der Waals surface area contributed by atoms with E-state index in [1.807, 2.05) is 6.20 Å². The first-order chi connectivity index (χ1) is 9.90. The van der Waals surface area contributed by atoms with Crippen molar-refractivity contribution < 1.29 is 0 Å². The highest BCUT2D eigenvalue weighted by atomic mass is 15.2. The van der Waals surface area contributed by atoms with Gasteiger partial charge in [-0.1, -0.05) is 36.4 Å². The number of benzene rings is 1. The van der Waals surface area contributed by atoms with E-state index in [0.29, 0.717) is 12.0 Å². The Morgan fingerprint density at radius 3 is 2.90 bits per heavy atom. The van der Waals surface area contributed by atoms with Gasteiger partial charge >= 0.3 is 0 Å². The molecule has 0 saturated carbocycles. The van der Waals surface area contributed by atoms with Gasteiger partial charge in [0, 0.05) is 30.4 Å². The van der Waals surface area contributed by atoms with Crippen LogP contribution in [0, 0.1) is 0 Å². The highest BCUT2D eigenvalue weighted by molar-refractivity contribution is 5.29. The molecule has 1 aromatic carbocycles. The first kappa shape index (κ1) is 12.1. The monoisotopic (exact) mass is 264 g/mol. The molecule has 2 atom stereocenters. The van der Waals surface area contributed by atoms with Gasteiger partial charge in [0.1, 0.15) is 0 Å². The molecule has 0 N–H and O–H groups in total. The fraction of sp³-hybridized carbons (Fsp3) is 0.389. The van der Waals surface area contributed by atoms with E-state index < -0.39 is 0 Å². The lowest BCUT2D eigenvalue weighted by Gasteiger charge is -2.43. The number of fused-ring (bicyclic) bond motifs is 4. The standard InChI is InChI=1S/C18H20N2/c1-2-5-14(6-3-1)13-20-10-8-16-12-17(20)11-15-7-4-9-19-18(15)16/h1-7,9,16-17H,8,10-13H2/t16-,17-/m1/s1. The van der Waals surface area contributed by atoms with E-state index in [1.165, 1.54) is 42.6 Å². The minimum absolute atomic E-state index is 0.692. The van der Waals surface area contributed by atoms with Gasteiger partial charge in [0.15, 0.2) is 0 Å². The van der Waals surface area contributed by atoms with Gasteiger partial charge in [-0.3, -0.25) is 9.88 Å². The predicted octanol–water partition coefficient (Wildman–Crippen LogP) is 3.39. The Labute approximate surface area is 120 Å². The van der Waals surface area contributed by atoms with Crippen molar-refractivity contribution in [1.82, 2.24) is 9.88 Å². The third-order valence-electron chi connectivity index (χ3n) is 4.83. The SMILES string of the molecule is c1ccc(CN2CC[C@@H]3C[C@H]2Cc2cccnc23)cc1. The molecular formula is C18H20N2. The molecule has 1 saturated heterocycles. The van der Waals surface area contributed by atoms with Crippen LogP contribution in [0.15, 0.2) is 48.7 Å². The van der Waals surface area contributed by atoms with E-state index in [1.54, 1.807) is 0 Å². The maximum Gasteiger partial charge on any atom is 0.0468 e. The van der Waals surface area contributed by atoms with Gasteiger partial charge in [0.2, 0.25) is 0 Å². The van der Waals surface area contributed by atoms with Gasteiger partial charge in [-0.2, -0.15) is 0 Å². The predicted molar refractivity (Wildman–Crippen MR) is 80.6 cm³/mol. The second kappa shape index (κ2) is 5.02. The Kier molecular flexibility index (Phi) is 3.04. The summed E-state index contributed by atoms with van der Waals surface area (Å²) in [6.07, 6.45) is 5.67. The zero-order valence-electron chi connectivity index (χ0n) is 11.7. The second-order valence-electron chi connectivity index (χ2n) is 6.08. The molecule has 2 aromatic rings. The van der Waals surface area contributed by atoms with Crippen LogP contribution < -0.4 is 0 Å². The maximum absolute atomic E-state index is 4.63. The highest BCUT2D eigenvalue weighted by Crippen LogP contribution is 2.38. The molecule has 1 fully saturated rings. The molecule has 2 heterocycles. The van der Waals surface area contributed by atoms with E-state index >= 15 is 0 Å². The summed E-state index contributed by atoms with van der Waals surface area (Å²) in [5.41, 5.74) is 4.29. The van der Waals surface area contributed by atoms with E-state index in [-0.39, 0.29) is 0 Å². The number of hydrogen-bond acceptors (Lipinski definition) is 2. The molecule has 1 aromatic heterocycles. The van der Waals surface area contributed by atoms with Gasteiger partial charge in [-0.25, -0.2) is 0 Å². The van der Waals surface area contributed by atoms with Crippen LogP contribution in [0.1, 0.15) is 35.6 Å². The van der Waals surface area contributed by atoms with Crippen LogP contribution in [0.2, 0.25) is 0 Å². The van der Waals surface area contributed by atoms with Crippen molar-refractivity contribution in [2.45, 2.75) is 37.8 Å². The number of piperidine rings is 1. The van der Waals surface area contributed by atoms with Crippen LogP contribution in [-0.2, 0) is 13.0 Å². The van der Waals surface area contributed by atoms with Crippen LogP contribution in [0.4, 0.5) is 0 Å². The Bertz CT molecular complexity index is 593. The number of nitrogens with zero attached hydrogens (tertiary/aromatic N) is 2. The summed E-state index contributed by atoms with van der Waals surface area (Å²) >= 11 is 0. The molecule has 2 aliphatic rings. The highest BCUT2D eigenvalue weighted by Gasteiger charge is 2.35. The van der Waals surface area contributed by atoms with Crippen LogP contribution in [0.25, 0.3) is 0 Å². The van der Waals surface area contributed by atoms with Crippen molar-refractivity contribution in [1.29, 1.82) is 0 Å². The van der Waals surface area contributed by atoms with E-state index in [2.05, 4.69) is 52.3 Å². The number of pyridine rings is 1. The number of hydrogen-bond donors (Lipinski definition) is 0. The Morgan fingerprint density at radius 1 is 1.10 bits per heavy atom. The lowest BCUT2D eigenvalue weighted by atomic mass is 9.78. The van der Waals surface area contributed by atoms with Crippen molar-refractivity contribution in [2.75, 3.05) is 6.54 Å². The molecule has 4 rings (SSSR count). The van der Waals surface area contributed by atoms with Crippen LogP contribution >= 0.6 is 0 Å². The third kappa shape index (κ3) is 2.14. The van der Waals surface area contributed by atoms with Crippen LogP contribution in [0.5, 0.6) is 0 Å². The Hall–Kier alpha value is -1.67. The number of aromatic nitrogens is 1. The molecule has 1 aliphatic carbocycles. The summed E-state index contributed by atoms with van der Waals surface area (Å²) in [4.78, 5) is 7.30. The average Bonchev–Trinajstić information content (AvgIpc) is 2.51. The molecule has 2 heteroatoms. The normalized spacial score (nSPS) is 25.2. The van der Waals surface area contributed by atoms with Gasteiger partial charge in [-0.15, -0.1) is 0 Å². The zero-order chi connectivity index (χ0) is 13.4. The quantitative estimate of drug-likeness (QED) is 0.826. The van der Waals surface area contributed by atoms with Crippen molar-refractivity contribution in [2.24, 2.45) is 0 Å². The number of likely N-dealkylation sites (tertiary alicyclic amines) is 1. The molecule has 20 heavy (non-hydrogen) atoms. The number of rotatable bonds is 2. The summed E-state index contributed by atoms with van der Waals surface area (Å²) in [5, 5.41) is 0. The molecule has 0 amide bonds. The molecule has 2 nitrogen and oxygen atoms in total. The fourth-order valence-electron chi connectivity index (χ4n) is 3.83. The van der Waals surface area contributed by atoms with Crippen molar-refractivity contribution in [3.8, 4) is 0 Å². The molecule has 0 spiro atoms. The summed E-state index contributed by atoms with van der Waals surface area (Å²) < 4.78 is 0. The first-order valence-electron chi connectivity index (χ1n) is 7.62. The van der Waals surface area contributed by atoms with E-state index in [0.717, 1.165) is 6.54 Å². The van der Waals surface area contributed by atoms with E-state index in [9.17, 15) is 0 Å². The fourth-order valence-corrected chi connectivity index (χ4v) is 3.83. The van der Waals surface area contributed by atoms with Crippen LogP contribution in [-0.4, -0.2) is 22.5 Å². The Morgan fingerprint density at radius 2 is 2.00 bits per heavy atom. The van der Waals surface area contributed by atoms with Crippen molar-refractivity contribution in [3.63, 3.8) is 0 Å². The molecule has 2 bridgehead atoms. The molecular weight excluding hydrogens is 244 g/mol. The minimum atomic E-state index is 0.692.